The van der Waals surface area contributed by atoms with Crippen LogP contribution in [0.5, 0.6) is 0 Å². The van der Waals surface area contributed by atoms with Gasteiger partial charge in [-0.15, -0.1) is 0 Å². The third-order valence-electron chi connectivity index (χ3n) is 4.51. The number of rotatable bonds is 2. The van der Waals surface area contributed by atoms with Crippen LogP contribution in [0.4, 0.5) is 5.69 Å². The van der Waals surface area contributed by atoms with Crippen LogP contribution < -0.4 is 10.6 Å². The van der Waals surface area contributed by atoms with Gasteiger partial charge in [-0.05, 0) is 31.7 Å². The van der Waals surface area contributed by atoms with E-state index in [2.05, 4.69) is 18.2 Å². The highest BCUT2D eigenvalue weighted by Gasteiger charge is 2.35. The van der Waals surface area contributed by atoms with Crippen LogP contribution in [0, 0.1) is 12.8 Å². The average molecular weight is 258 g/mol. The molecule has 1 amide bonds. The summed E-state index contributed by atoms with van der Waals surface area (Å²) in [5.41, 5.74) is 9.27. The van der Waals surface area contributed by atoms with Gasteiger partial charge in [-0.1, -0.05) is 37.0 Å². The van der Waals surface area contributed by atoms with Gasteiger partial charge in [0.25, 0.3) is 0 Å². The number of amides is 1. The second-order valence-electron chi connectivity index (χ2n) is 5.99. The quantitative estimate of drug-likeness (QED) is 0.886. The zero-order chi connectivity index (χ0) is 13.4. The lowest BCUT2D eigenvalue weighted by molar-refractivity contribution is -0.119. The van der Waals surface area contributed by atoms with Gasteiger partial charge in [0.15, 0.2) is 0 Å². The van der Waals surface area contributed by atoms with Gasteiger partial charge in [0.1, 0.15) is 6.04 Å². The lowest BCUT2D eigenvalue weighted by Gasteiger charge is -2.27. The first-order valence-corrected chi connectivity index (χ1v) is 7.34. The van der Waals surface area contributed by atoms with E-state index in [4.69, 9.17) is 5.73 Å². The zero-order valence-electron chi connectivity index (χ0n) is 11.6. The van der Waals surface area contributed by atoms with Crippen molar-refractivity contribution in [1.29, 1.82) is 0 Å². The van der Waals surface area contributed by atoms with Crippen molar-refractivity contribution in [2.75, 3.05) is 11.4 Å². The van der Waals surface area contributed by atoms with Gasteiger partial charge in [0, 0.05) is 17.8 Å². The largest absolute Gasteiger partial charge is 0.316 e. The van der Waals surface area contributed by atoms with Crippen molar-refractivity contribution in [1.82, 2.24) is 0 Å². The van der Waals surface area contributed by atoms with Gasteiger partial charge in [0.2, 0.25) is 5.91 Å². The highest BCUT2D eigenvalue weighted by Crippen LogP contribution is 2.37. The van der Waals surface area contributed by atoms with Gasteiger partial charge in [-0.2, -0.15) is 0 Å². The van der Waals surface area contributed by atoms with Crippen molar-refractivity contribution in [3.63, 3.8) is 0 Å². The third-order valence-corrected chi connectivity index (χ3v) is 4.51. The minimum absolute atomic E-state index is 0.0752. The molecule has 19 heavy (non-hydrogen) atoms. The molecule has 1 aliphatic carbocycles. The maximum absolute atomic E-state index is 12.3. The number of nitrogens with zero attached hydrogens (tertiary/aromatic N) is 1. The fourth-order valence-corrected chi connectivity index (χ4v) is 3.40. The molecule has 1 aromatic carbocycles. The number of nitrogens with two attached hydrogens (primary N) is 1. The maximum Gasteiger partial charge on any atom is 0.248 e. The molecular formula is C16H22N2O. The number of anilines is 1. The minimum Gasteiger partial charge on any atom is -0.316 e. The Labute approximate surface area is 114 Å². The highest BCUT2D eigenvalue weighted by atomic mass is 16.2. The summed E-state index contributed by atoms with van der Waals surface area (Å²) < 4.78 is 0. The topological polar surface area (TPSA) is 46.3 Å². The minimum atomic E-state index is -0.460. The number of hydrogen-bond acceptors (Lipinski definition) is 2. The summed E-state index contributed by atoms with van der Waals surface area (Å²) in [5.74, 6) is 0.725. The van der Waals surface area contributed by atoms with Crippen LogP contribution in [0.2, 0.25) is 0 Å². The Hall–Kier alpha value is -1.35. The van der Waals surface area contributed by atoms with Gasteiger partial charge in [0.05, 0.1) is 0 Å². The van der Waals surface area contributed by atoms with Crippen LogP contribution in [0.15, 0.2) is 18.2 Å². The predicted molar refractivity (Wildman–Crippen MR) is 77.0 cm³/mol. The smallest absolute Gasteiger partial charge is 0.248 e. The molecule has 2 aliphatic rings. The molecule has 1 aliphatic heterocycles. The molecular weight excluding hydrogens is 236 g/mol. The van der Waals surface area contributed by atoms with Crippen molar-refractivity contribution < 1.29 is 4.79 Å². The molecule has 2 N–H and O–H groups in total. The van der Waals surface area contributed by atoms with Crippen molar-refractivity contribution in [3.8, 4) is 0 Å². The predicted octanol–water partition coefficient (Wildman–Crippen LogP) is 2.92. The maximum atomic E-state index is 12.3. The number of aryl methyl sites for hydroxylation is 1. The molecule has 0 saturated heterocycles. The van der Waals surface area contributed by atoms with Gasteiger partial charge < -0.3 is 10.6 Å². The van der Waals surface area contributed by atoms with E-state index in [-0.39, 0.29) is 5.91 Å². The first-order valence-electron chi connectivity index (χ1n) is 7.34. The van der Waals surface area contributed by atoms with Crippen molar-refractivity contribution in [2.45, 2.75) is 45.1 Å². The Bertz CT molecular complexity index is 492. The molecule has 1 aromatic rings. The second-order valence-corrected chi connectivity index (χ2v) is 5.99. The lowest BCUT2D eigenvalue weighted by atomic mass is 9.89. The lowest BCUT2D eigenvalue weighted by Crippen LogP contribution is -2.36. The summed E-state index contributed by atoms with van der Waals surface area (Å²) >= 11 is 0. The van der Waals surface area contributed by atoms with Crippen LogP contribution in [0.25, 0.3) is 0 Å². The van der Waals surface area contributed by atoms with Crippen LogP contribution in [-0.4, -0.2) is 12.5 Å². The van der Waals surface area contributed by atoms with E-state index >= 15 is 0 Å². The van der Waals surface area contributed by atoms with E-state index in [0.717, 1.165) is 17.8 Å². The zero-order valence-corrected chi connectivity index (χ0v) is 11.6. The highest BCUT2D eigenvalue weighted by molar-refractivity contribution is 6.04. The molecule has 0 radical (unpaired) electrons. The SMILES string of the molecule is Cc1ccc2c(c1)C(N)C(=O)N2CC1CCCCC1. The molecule has 1 saturated carbocycles. The normalized spacial score (nSPS) is 23.8. The summed E-state index contributed by atoms with van der Waals surface area (Å²) in [6, 6.07) is 5.72. The van der Waals surface area contributed by atoms with Crippen molar-refractivity contribution in [2.24, 2.45) is 11.7 Å². The summed E-state index contributed by atoms with van der Waals surface area (Å²) in [5, 5.41) is 0. The van der Waals surface area contributed by atoms with E-state index in [1.54, 1.807) is 0 Å². The molecule has 1 atom stereocenters. The second kappa shape index (κ2) is 4.97. The standard InChI is InChI=1S/C16H22N2O/c1-11-7-8-14-13(9-11)15(17)16(19)18(14)10-12-5-3-2-4-6-12/h7-9,12,15H,2-6,10,17H2,1H3. The number of hydrogen-bond donors (Lipinski definition) is 1. The van der Waals surface area contributed by atoms with Crippen LogP contribution in [0.1, 0.15) is 49.3 Å². The van der Waals surface area contributed by atoms with Gasteiger partial charge in [-0.25, -0.2) is 0 Å². The molecule has 1 heterocycles. The van der Waals surface area contributed by atoms with E-state index in [9.17, 15) is 4.79 Å². The van der Waals surface area contributed by atoms with Gasteiger partial charge >= 0.3 is 0 Å². The third kappa shape index (κ3) is 2.27. The number of carbonyl (C=O) groups excluding carboxylic acids is 1. The van der Waals surface area contributed by atoms with E-state index in [1.807, 2.05) is 11.8 Å². The Morgan fingerprint density at radius 1 is 1.26 bits per heavy atom. The Balaban J connectivity index is 1.84. The average Bonchev–Trinajstić information content (AvgIpc) is 2.65. The monoisotopic (exact) mass is 258 g/mol. The summed E-state index contributed by atoms with van der Waals surface area (Å²) in [4.78, 5) is 14.3. The van der Waals surface area contributed by atoms with E-state index in [1.165, 1.54) is 37.7 Å². The Morgan fingerprint density at radius 2 is 2.00 bits per heavy atom. The molecule has 3 heteroatoms. The first kappa shape index (κ1) is 12.7. The summed E-state index contributed by atoms with van der Waals surface area (Å²) in [6.45, 7) is 2.89. The fraction of sp³-hybridized carbons (Fsp3) is 0.562. The van der Waals surface area contributed by atoms with Crippen molar-refractivity contribution >= 4 is 11.6 Å². The Kier molecular flexibility index (Phi) is 3.31. The fourth-order valence-electron chi connectivity index (χ4n) is 3.40. The molecule has 102 valence electrons. The van der Waals surface area contributed by atoms with Crippen LogP contribution >= 0.6 is 0 Å². The van der Waals surface area contributed by atoms with Crippen LogP contribution in [-0.2, 0) is 4.79 Å². The van der Waals surface area contributed by atoms with Crippen LogP contribution in [0.3, 0.4) is 0 Å². The molecule has 1 unspecified atom stereocenters. The molecule has 3 rings (SSSR count). The van der Waals surface area contributed by atoms with E-state index in [0.29, 0.717) is 5.92 Å². The van der Waals surface area contributed by atoms with E-state index < -0.39 is 6.04 Å². The summed E-state index contributed by atoms with van der Waals surface area (Å²) in [7, 11) is 0. The van der Waals surface area contributed by atoms with Crippen molar-refractivity contribution in [3.05, 3.63) is 29.3 Å². The number of benzene rings is 1. The molecule has 0 spiro atoms. The molecule has 0 bridgehead atoms. The Morgan fingerprint density at radius 3 is 2.74 bits per heavy atom. The van der Waals surface area contributed by atoms with Gasteiger partial charge in [-0.3, -0.25) is 4.79 Å². The molecule has 3 nitrogen and oxygen atoms in total. The first-order chi connectivity index (χ1) is 9.16. The number of carbonyl (C=O) groups is 1. The number of fused-ring (bicyclic) bond motifs is 1. The molecule has 0 aromatic heterocycles. The molecule has 1 fully saturated rings. The summed E-state index contributed by atoms with van der Waals surface area (Å²) in [6.07, 6.45) is 6.46.